The molecule has 1 aliphatic rings. The number of hydrogen-bond donors (Lipinski definition) is 0. The van der Waals surface area contributed by atoms with Crippen LogP contribution < -0.4 is 4.74 Å². The predicted octanol–water partition coefficient (Wildman–Crippen LogP) is 3.32. The molecule has 2 aromatic carbocycles. The number of rotatable bonds is 6. The van der Waals surface area contributed by atoms with Crippen LogP contribution in [-0.2, 0) is 21.2 Å². The Morgan fingerprint density at radius 1 is 1.19 bits per heavy atom. The number of carbonyl (C=O) groups is 1. The van der Waals surface area contributed by atoms with Crippen molar-refractivity contribution in [3.05, 3.63) is 65.2 Å². The highest BCUT2D eigenvalue weighted by atomic mass is 35.5. The summed E-state index contributed by atoms with van der Waals surface area (Å²) in [5.74, 6) is 0.278. The van der Waals surface area contributed by atoms with Crippen LogP contribution in [0.2, 0.25) is 5.02 Å². The lowest BCUT2D eigenvalue weighted by molar-refractivity contribution is -0.140. The Bertz CT molecular complexity index is 901. The number of sulfone groups is 1. The Morgan fingerprint density at radius 3 is 2.48 bits per heavy atom. The Kier molecular flexibility index (Phi) is 6.07. The first-order valence-electron chi connectivity index (χ1n) is 8.82. The Hall–Kier alpha value is -2.05. The molecular formula is C20H22ClNO4S. The van der Waals surface area contributed by atoms with E-state index in [0.717, 1.165) is 5.56 Å². The van der Waals surface area contributed by atoms with Gasteiger partial charge in [0.15, 0.2) is 15.9 Å². The second-order valence-corrected chi connectivity index (χ2v) is 9.34. The maximum absolute atomic E-state index is 13.1. The fourth-order valence-corrected chi connectivity index (χ4v) is 5.11. The molecule has 1 aliphatic heterocycles. The third-order valence-corrected chi connectivity index (χ3v) is 6.68. The molecule has 1 heterocycles. The van der Waals surface area contributed by atoms with E-state index in [2.05, 4.69) is 0 Å². The average Bonchev–Trinajstić information content (AvgIpc) is 3.01. The van der Waals surface area contributed by atoms with E-state index in [1.807, 2.05) is 30.3 Å². The monoisotopic (exact) mass is 407 g/mol. The molecule has 144 valence electrons. The molecule has 3 rings (SSSR count). The van der Waals surface area contributed by atoms with Gasteiger partial charge < -0.3 is 9.64 Å². The molecule has 0 aromatic heterocycles. The molecule has 0 unspecified atom stereocenters. The zero-order chi connectivity index (χ0) is 19.4. The molecule has 0 N–H and O–H groups in total. The highest BCUT2D eigenvalue weighted by molar-refractivity contribution is 7.91. The number of nitrogens with zero attached hydrogens (tertiary/aromatic N) is 1. The van der Waals surface area contributed by atoms with Gasteiger partial charge in [-0.25, -0.2) is 8.42 Å². The summed E-state index contributed by atoms with van der Waals surface area (Å²) in [5, 5.41) is 0.426. The zero-order valence-corrected chi connectivity index (χ0v) is 16.6. The van der Waals surface area contributed by atoms with Gasteiger partial charge >= 0.3 is 0 Å². The minimum Gasteiger partial charge on any atom is -0.479 e. The number of halogens is 1. The van der Waals surface area contributed by atoms with E-state index in [4.69, 9.17) is 16.3 Å². The number of benzene rings is 2. The molecule has 0 saturated carbocycles. The van der Waals surface area contributed by atoms with Crippen LogP contribution in [0.25, 0.3) is 0 Å². The van der Waals surface area contributed by atoms with E-state index >= 15 is 0 Å². The summed E-state index contributed by atoms with van der Waals surface area (Å²) >= 11 is 6.12. The second-order valence-electron chi connectivity index (χ2n) is 6.70. The Balaban J connectivity index is 1.80. The fourth-order valence-electron chi connectivity index (χ4n) is 3.20. The van der Waals surface area contributed by atoms with Crippen LogP contribution in [0.15, 0.2) is 54.6 Å². The van der Waals surface area contributed by atoms with Gasteiger partial charge in [0, 0.05) is 12.6 Å². The third kappa shape index (κ3) is 5.02. The first-order chi connectivity index (χ1) is 12.9. The van der Waals surface area contributed by atoms with Gasteiger partial charge in [-0.3, -0.25) is 4.79 Å². The predicted molar refractivity (Wildman–Crippen MR) is 106 cm³/mol. The van der Waals surface area contributed by atoms with E-state index in [1.54, 1.807) is 36.1 Å². The topological polar surface area (TPSA) is 63.7 Å². The summed E-state index contributed by atoms with van der Waals surface area (Å²) in [6.45, 7) is 2.00. The number of carbonyl (C=O) groups excluding carboxylic acids is 1. The van der Waals surface area contributed by atoms with Crippen molar-refractivity contribution in [2.75, 3.05) is 11.5 Å². The maximum Gasteiger partial charge on any atom is 0.263 e. The fraction of sp³-hybridized carbons (Fsp3) is 0.350. The van der Waals surface area contributed by atoms with E-state index in [9.17, 15) is 13.2 Å². The van der Waals surface area contributed by atoms with Crippen molar-refractivity contribution in [3.63, 3.8) is 0 Å². The lowest BCUT2D eigenvalue weighted by Gasteiger charge is -2.31. The van der Waals surface area contributed by atoms with Crippen LogP contribution in [0.5, 0.6) is 5.75 Å². The van der Waals surface area contributed by atoms with Crippen LogP contribution in [0, 0.1) is 0 Å². The van der Waals surface area contributed by atoms with Gasteiger partial charge in [0.05, 0.1) is 16.5 Å². The molecule has 7 heteroatoms. The molecule has 0 spiro atoms. The molecule has 0 bridgehead atoms. The standard InChI is InChI=1S/C20H22ClNO4S/c1-15(26-19-10-6-5-9-18(19)21)20(23)22(13-16-7-3-2-4-8-16)17-11-12-27(24,25)14-17/h2-10,15,17H,11-14H2,1H3/t15-,17-/m1/s1. The van der Waals surface area contributed by atoms with Gasteiger partial charge in [-0.1, -0.05) is 54.1 Å². The minimum atomic E-state index is -3.11. The first kappa shape index (κ1) is 19.7. The highest BCUT2D eigenvalue weighted by Gasteiger charge is 2.36. The second kappa shape index (κ2) is 8.31. The highest BCUT2D eigenvalue weighted by Crippen LogP contribution is 2.26. The van der Waals surface area contributed by atoms with E-state index < -0.39 is 15.9 Å². The van der Waals surface area contributed by atoms with Crippen molar-refractivity contribution < 1.29 is 17.9 Å². The van der Waals surface area contributed by atoms with Crippen LogP contribution in [-0.4, -0.2) is 42.9 Å². The van der Waals surface area contributed by atoms with Crippen LogP contribution >= 0.6 is 11.6 Å². The Labute approximate surface area is 164 Å². The maximum atomic E-state index is 13.1. The molecule has 0 radical (unpaired) electrons. The summed E-state index contributed by atoms with van der Waals surface area (Å²) < 4.78 is 29.6. The normalized spacial score (nSPS) is 19.4. The summed E-state index contributed by atoms with van der Waals surface area (Å²) in [6.07, 6.45) is -0.336. The number of hydrogen-bond acceptors (Lipinski definition) is 4. The van der Waals surface area contributed by atoms with Gasteiger partial charge in [-0.05, 0) is 31.0 Å². The van der Waals surface area contributed by atoms with Gasteiger partial charge in [0.2, 0.25) is 0 Å². The molecule has 2 aromatic rings. The van der Waals surface area contributed by atoms with Crippen LogP contribution in [0.4, 0.5) is 0 Å². The van der Waals surface area contributed by atoms with E-state index in [1.165, 1.54) is 0 Å². The van der Waals surface area contributed by atoms with Gasteiger partial charge in [-0.2, -0.15) is 0 Å². The van der Waals surface area contributed by atoms with Crippen molar-refractivity contribution >= 4 is 27.3 Å². The summed E-state index contributed by atoms with van der Waals surface area (Å²) in [4.78, 5) is 14.8. The minimum absolute atomic E-state index is 0.00954. The largest absolute Gasteiger partial charge is 0.479 e. The van der Waals surface area contributed by atoms with Crippen molar-refractivity contribution in [1.29, 1.82) is 0 Å². The van der Waals surface area contributed by atoms with Crippen molar-refractivity contribution in [2.24, 2.45) is 0 Å². The van der Waals surface area contributed by atoms with Gasteiger partial charge in [-0.15, -0.1) is 0 Å². The van der Waals surface area contributed by atoms with E-state index in [-0.39, 0.29) is 23.5 Å². The molecule has 1 saturated heterocycles. The van der Waals surface area contributed by atoms with Crippen molar-refractivity contribution in [2.45, 2.75) is 32.0 Å². The van der Waals surface area contributed by atoms with Gasteiger partial charge in [0.1, 0.15) is 5.75 Å². The van der Waals surface area contributed by atoms with Crippen molar-refractivity contribution in [1.82, 2.24) is 4.90 Å². The number of ether oxygens (including phenoxy) is 1. The molecule has 5 nitrogen and oxygen atoms in total. The third-order valence-electron chi connectivity index (χ3n) is 4.62. The number of para-hydroxylation sites is 1. The summed E-state index contributed by atoms with van der Waals surface area (Å²) in [5.41, 5.74) is 0.945. The lowest BCUT2D eigenvalue weighted by atomic mass is 10.1. The quantitative estimate of drug-likeness (QED) is 0.736. The van der Waals surface area contributed by atoms with Gasteiger partial charge in [0.25, 0.3) is 5.91 Å². The lowest BCUT2D eigenvalue weighted by Crippen LogP contribution is -2.46. The zero-order valence-electron chi connectivity index (χ0n) is 15.0. The smallest absolute Gasteiger partial charge is 0.263 e. The molecule has 27 heavy (non-hydrogen) atoms. The first-order valence-corrected chi connectivity index (χ1v) is 11.0. The average molecular weight is 408 g/mol. The number of amides is 1. The van der Waals surface area contributed by atoms with Crippen LogP contribution in [0.1, 0.15) is 18.9 Å². The Morgan fingerprint density at radius 2 is 1.85 bits per heavy atom. The molecule has 0 aliphatic carbocycles. The molecular weight excluding hydrogens is 386 g/mol. The van der Waals surface area contributed by atoms with E-state index in [0.29, 0.717) is 23.7 Å². The summed E-state index contributed by atoms with van der Waals surface area (Å²) in [6, 6.07) is 16.1. The SMILES string of the molecule is C[C@@H](Oc1ccccc1Cl)C(=O)N(Cc1ccccc1)[C@@H]1CCS(=O)(=O)C1. The van der Waals surface area contributed by atoms with Crippen LogP contribution in [0.3, 0.4) is 0 Å². The molecule has 2 atom stereocenters. The summed E-state index contributed by atoms with van der Waals surface area (Å²) in [7, 11) is -3.11. The molecule has 1 fully saturated rings. The molecule has 1 amide bonds. The van der Waals surface area contributed by atoms with Crippen molar-refractivity contribution in [3.8, 4) is 5.75 Å².